The monoisotopic (exact) mass is 459 g/mol. The Balaban J connectivity index is 1.48. The van der Waals surface area contributed by atoms with Gasteiger partial charge in [0.15, 0.2) is 0 Å². The lowest BCUT2D eigenvalue weighted by Crippen LogP contribution is -2.29. The third kappa shape index (κ3) is 4.21. The van der Waals surface area contributed by atoms with Gasteiger partial charge in [-0.1, -0.05) is 30.3 Å². The van der Waals surface area contributed by atoms with Crippen molar-refractivity contribution in [2.45, 2.75) is 25.5 Å². The van der Waals surface area contributed by atoms with Crippen LogP contribution in [0, 0.1) is 0 Å². The number of nitrogens with one attached hydrogen (secondary N) is 2. The van der Waals surface area contributed by atoms with Crippen molar-refractivity contribution in [2.24, 2.45) is 0 Å². The molecule has 34 heavy (non-hydrogen) atoms. The maximum Gasteiger partial charge on any atom is 0.495 e. The van der Waals surface area contributed by atoms with Crippen LogP contribution in [-0.2, 0) is 10.3 Å². The third-order valence-electron chi connectivity index (χ3n) is 5.51. The number of nitrogens with zero attached hydrogens (tertiary/aromatic N) is 5. The third-order valence-corrected chi connectivity index (χ3v) is 5.51. The van der Waals surface area contributed by atoms with Gasteiger partial charge in [0.1, 0.15) is 5.82 Å². The van der Waals surface area contributed by atoms with Crippen LogP contribution in [0.1, 0.15) is 31.1 Å². The number of benzene rings is 1. The molecular formula is C22H22BN7O4. The summed E-state index contributed by atoms with van der Waals surface area (Å²) in [4.78, 5) is 13.3. The van der Waals surface area contributed by atoms with Gasteiger partial charge in [-0.15, -0.1) is 10.2 Å². The topological polar surface area (TPSA) is 151 Å². The maximum absolute atomic E-state index is 10.1. The molecule has 1 atom stereocenters. The van der Waals surface area contributed by atoms with Crippen LogP contribution in [0.4, 0.5) is 17.5 Å². The van der Waals surface area contributed by atoms with Gasteiger partial charge in [0.2, 0.25) is 12.3 Å². The molecule has 4 aromatic rings. The van der Waals surface area contributed by atoms with E-state index in [1.54, 1.807) is 12.3 Å². The lowest BCUT2D eigenvalue weighted by Gasteiger charge is -2.20. The number of hydrogen-bond acceptors (Lipinski definition) is 11. The summed E-state index contributed by atoms with van der Waals surface area (Å²) < 4.78 is 10.9. The molecule has 1 aliphatic rings. The van der Waals surface area contributed by atoms with Crippen LogP contribution in [0.5, 0.6) is 0 Å². The Hall–Kier alpha value is -3.87. The van der Waals surface area contributed by atoms with Crippen LogP contribution >= 0.6 is 0 Å². The first kappa shape index (κ1) is 22.0. The van der Waals surface area contributed by atoms with Gasteiger partial charge in [-0.05, 0) is 19.4 Å². The fraction of sp³-hybridized carbons (Fsp3) is 0.227. The van der Waals surface area contributed by atoms with E-state index in [2.05, 4.69) is 35.8 Å². The summed E-state index contributed by atoms with van der Waals surface area (Å²) in [6.07, 6.45) is 4.36. The van der Waals surface area contributed by atoms with Gasteiger partial charge in [0, 0.05) is 23.9 Å². The van der Waals surface area contributed by atoms with Gasteiger partial charge in [-0.2, -0.15) is 0 Å². The number of aliphatic hydroxyl groups excluding tert-OH is 1. The second kappa shape index (κ2) is 8.82. The lowest BCUT2D eigenvalue weighted by atomic mass is 9.82. The normalized spacial score (nSPS) is 15.1. The highest BCUT2D eigenvalue weighted by atomic mass is 16.5. The molecule has 0 bridgehead atoms. The van der Waals surface area contributed by atoms with Crippen molar-refractivity contribution in [3.63, 3.8) is 0 Å². The highest BCUT2D eigenvalue weighted by Gasteiger charge is 2.42. The number of pyridine rings is 1. The molecule has 11 nitrogen and oxygen atoms in total. The zero-order valence-electron chi connectivity index (χ0n) is 18.5. The van der Waals surface area contributed by atoms with Crippen molar-refractivity contribution < 1.29 is 19.2 Å². The molecule has 4 heterocycles. The van der Waals surface area contributed by atoms with Crippen LogP contribution in [0.25, 0.3) is 11.5 Å². The number of rotatable bonds is 7. The van der Waals surface area contributed by atoms with Crippen molar-refractivity contribution in [1.29, 1.82) is 0 Å². The van der Waals surface area contributed by atoms with Crippen LogP contribution in [0.3, 0.4) is 0 Å². The Morgan fingerprint density at radius 1 is 1.15 bits per heavy atom. The number of hydrogen-bond donors (Lipinski definition) is 4. The van der Waals surface area contributed by atoms with Crippen LogP contribution < -0.4 is 16.1 Å². The van der Waals surface area contributed by atoms with Crippen LogP contribution in [-0.4, -0.2) is 49.0 Å². The number of anilines is 3. The van der Waals surface area contributed by atoms with E-state index < -0.39 is 12.7 Å². The van der Waals surface area contributed by atoms with Gasteiger partial charge in [-0.3, -0.25) is 0 Å². The van der Waals surface area contributed by atoms with Crippen molar-refractivity contribution >= 4 is 30.0 Å². The Labute approximate surface area is 195 Å². The quantitative estimate of drug-likeness (QED) is 0.299. The molecule has 3 aromatic heterocycles. The second-order valence-corrected chi connectivity index (χ2v) is 8.25. The summed E-state index contributed by atoms with van der Waals surface area (Å²) >= 11 is 0. The minimum absolute atomic E-state index is 0.135. The molecule has 5 rings (SSSR count). The molecule has 172 valence electrons. The van der Waals surface area contributed by atoms with Crippen molar-refractivity contribution in [3.05, 3.63) is 66.4 Å². The molecule has 0 spiro atoms. The smallest absolute Gasteiger partial charge is 0.423 e. The van der Waals surface area contributed by atoms with Gasteiger partial charge in [0.05, 0.1) is 35.2 Å². The highest BCUT2D eigenvalue weighted by molar-refractivity contribution is 6.61. The molecule has 0 fully saturated rings. The summed E-state index contributed by atoms with van der Waals surface area (Å²) in [5.41, 5.74) is 2.49. The first-order valence-corrected chi connectivity index (χ1v) is 10.6. The zero-order chi connectivity index (χ0) is 23.7. The Bertz CT molecular complexity index is 1290. The largest absolute Gasteiger partial charge is 0.495 e. The van der Waals surface area contributed by atoms with E-state index in [0.29, 0.717) is 34.2 Å². The molecule has 12 heteroatoms. The highest BCUT2D eigenvalue weighted by Crippen LogP contribution is 2.32. The van der Waals surface area contributed by atoms with Crippen molar-refractivity contribution in [1.82, 2.24) is 25.1 Å². The zero-order valence-corrected chi connectivity index (χ0v) is 18.5. The summed E-state index contributed by atoms with van der Waals surface area (Å²) in [5, 5.41) is 34.3. The summed E-state index contributed by atoms with van der Waals surface area (Å²) in [7, 11) is -1.06. The first-order valence-electron chi connectivity index (χ1n) is 10.6. The van der Waals surface area contributed by atoms with E-state index in [0.717, 1.165) is 5.56 Å². The van der Waals surface area contributed by atoms with E-state index in [-0.39, 0.29) is 18.5 Å². The predicted octanol–water partition coefficient (Wildman–Crippen LogP) is 1.76. The first-order chi connectivity index (χ1) is 16.4. The number of fused-ring (bicyclic) bond motifs is 1. The van der Waals surface area contributed by atoms with Gasteiger partial charge in [0.25, 0.3) is 5.89 Å². The Kier molecular flexibility index (Phi) is 5.69. The number of aromatic nitrogens is 5. The predicted molar refractivity (Wildman–Crippen MR) is 124 cm³/mol. The van der Waals surface area contributed by atoms with E-state index in [4.69, 9.17) is 9.07 Å². The average molecular weight is 459 g/mol. The second-order valence-electron chi connectivity index (χ2n) is 8.25. The van der Waals surface area contributed by atoms with E-state index >= 15 is 0 Å². The standard InChI is InChI=1S/C22H22BN7O4/c1-22(2)19-15(23(32)34-22)10-25-21(29-19)28-18-8-16(14(9-24-18)20-30-26-12-33-20)27-17(11-31)13-6-4-3-5-7-13/h3-10,12,17,31-32H,11H2,1-2H3,(H2,24,25,27,28,29)/t17-/m1/s1. The molecular weight excluding hydrogens is 437 g/mol. The minimum Gasteiger partial charge on any atom is -0.423 e. The molecule has 1 aromatic carbocycles. The lowest BCUT2D eigenvalue weighted by molar-refractivity contribution is 0.0970. The van der Waals surface area contributed by atoms with E-state index in [1.165, 1.54) is 12.6 Å². The maximum atomic E-state index is 10.1. The Morgan fingerprint density at radius 2 is 1.97 bits per heavy atom. The number of aliphatic hydroxyl groups is 1. The van der Waals surface area contributed by atoms with E-state index in [1.807, 2.05) is 44.2 Å². The van der Waals surface area contributed by atoms with Gasteiger partial charge < -0.3 is 29.8 Å². The van der Waals surface area contributed by atoms with Crippen molar-refractivity contribution in [3.8, 4) is 11.5 Å². The molecule has 0 saturated carbocycles. The molecule has 0 unspecified atom stereocenters. The molecule has 0 saturated heterocycles. The van der Waals surface area contributed by atoms with Gasteiger partial charge in [-0.25, -0.2) is 15.0 Å². The summed E-state index contributed by atoms with van der Waals surface area (Å²) in [6, 6.07) is 11.0. The summed E-state index contributed by atoms with van der Waals surface area (Å²) in [6.45, 7) is 3.53. The fourth-order valence-electron chi connectivity index (χ4n) is 3.84. The molecule has 0 aliphatic carbocycles. The average Bonchev–Trinajstić information content (AvgIpc) is 3.44. The van der Waals surface area contributed by atoms with E-state index in [9.17, 15) is 10.1 Å². The summed E-state index contributed by atoms with van der Waals surface area (Å²) in [5.74, 6) is 1.04. The SMILES string of the molecule is CC1(C)OB(O)c2cnc(Nc3cc(N[C@H](CO)c4ccccc4)c(-c4nnco4)cn3)nc21. The minimum atomic E-state index is -1.06. The van der Waals surface area contributed by atoms with Gasteiger partial charge >= 0.3 is 7.12 Å². The Morgan fingerprint density at radius 3 is 2.71 bits per heavy atom. The molecule has 0 amide bonds. The van der Waals surface area contributed by atoms with Crippen LogP contribution in [0.15, 0.2) is 59.6 Å². The van der Waals surface area contributed by atoms with Crippen LogP contribution in [0.2, 0.25) is 0 Å². The van der Waals surface area contributed by atoms with Crippen molar-refractivity contribution in [2.75, 3.05) is 17.2 Å². The molecule has 0 radical (unpaired) electrons. The fourth-order valence-corrected chi connectivity index (χ4v) is 3.84. The molecule has 1 aliphatic heterocycles. The molecule has 4 N–H and O–H groups in total.